The van der Waals surface area contributed by atoms with Crippen LogP contribution in [-0.2, 0) is 0 Å². The molecule has 0 N–H and O–H groups in total. The van der Waals surface area contributed by atoms with Gasteiger partial charge in [-0.2, -0.15) is 0 Å². The fourth-order valence-corrected chi connectivity index (χ4v) is 8.77. The van der Waals surface area contributed by atoms with Crippen LogP contribution in [0.2, 0.25) is 0 Å². The fourth-order valence-electron chi connectivity index (χ4n) is 3.44. The van der Waals surface area contributed by atoms with Gasteiger partial charge in [0.25, 0.3) is 0 Å². The van der Waals surface area contributed by atoms with Crippen molar-refractivity contribution < 1.29 is 0 Å². The Morgan fingerprint density at radius 2 is 0.962 bits per heavy atom. The Labute approximate surface area is 163 Å². The van der Waals surface area contributed by atoms with Gasteiger partial charge in [0, 0.05) is 13.1 Å². The van der Waals surface area contributed by atoms with Crippen molar-refractivity contribution in [2.45, 2.75) is 13.8 Å². The van der Waals surface area contributed by atoms with Crippen LogP contribution in [0, 0.1) is 0 Å². The van der Waals surface area contributed by atoms with Gasteiger partial charge in [-0.1, -0.05) is 54.6 Å². The standard InChI is InChI=1S/C23H25NPS/c1-3-24(4-2)23(26)25(20-14-8-5-9-15-20,21-16-10-6-11-17-21)22-18-12-7-13-19-22/h5-19H,3-4H2,1-2H3/q+1. The average molecular weight is 379 g/mol. The minimum absolute atomic E-state index is 0.920. The van der Waals surface area contributed by atoms with Crippen LogP contribution in [0.3, 0.4) is 0 Å². The molecular weight excluding hydrogens is 353 g/mol. The molecule has 0 fully saturated rings. The van der Waals surface area contributed by atoms with Crippen LogP contribution in [0.1, 0.15) is 13.8 Å². The van der Waals surface area contributed by atoms with Crippen molar-refractivity contribution in [3.63, 3.8) is 0 Å². The predicted molar refractivity (Wildman–Crippen MR) is 121 cm³/mol. The third-order valence-corrected chi connectivity index (χ3v) is 9.91. The number of benzene rings is 3. The summed E-state index contributed by atoms with van der Waals surface area (Å²) in [5, 5.41) is 3.94. The van der Waals surface area contributed by atoms with Gasteiger partial charge in [-0.15, -0.1) is 0 Å². The van der Waals surface area contributed by atoms with Gasteiger partial charge < -0.3 is 4.90 Å². The van der Waals surface area contributed by atoms with Crippen LogP contribution < -0.4 is 15.9 Å². The summed E-state index contributed by atoms with van der Waals surface area (Å²) in [4.78, 5) is 2.34. The molecular formula is C23H25NPS+. The summed E-state index contributed by atoms with van der Waals surface area (Å²) in [6.45, 7) is 6.21. The Balaban J connectivity index is 2.37. The first-order valence-electron chi connectivity index (χ1n) is 9.10. The number of nitrogens with zero attached hydrogens (tertiary/aromatic N) is 1. The van der Waals surface area contributed by atoms with Gasteiger partial charge in [0.15, 0.2) is 7.26 Å². The minimum atomic E-state index is -2.08. The molecule has 0 aliphatic carbocycles. The molecule has 0 amide bonds. The van der Waals surface area contributed by atoms with Gasteiger partial charge in [-0.05, 0) is 62.5 Å². The van der Waals surface area contributed by atoms with E-state index in [1.54, 1.807) is 0 Å². The molecule has 0 saturated heterocycles. The van der Waals surface area contributed by atoms with E-state index in [4.69, 9.17) is 12.2 Å². The summed E-state index contributed by atoms with van der Waals surface area (Å²) in [6.07, 6.45) is 0. The first-order chi connectivity index (χ1) is 12.7. The predicted octanol–water partition coefficient (Wildman–Crippen LogP) is 4.61. The van der Waals surface area contributed by atoms with Gasteiger partial charge in [0.2, 0.25) is 4.73 Å². The summed E-state index contributed by atoms with van der Waals surface area (Å²) >= 11 is 6.23. The SMILES string of the molecule is CCN(CC)C(=S)[P+](c1ccccc1)(c1ccccc1)c1ccccc1. The molecule has 3 aromatic rings. The topological polar surface area (TPSA) is 3.24 Å². The van der Waals surface area contributed by atoms with E-state index in [2.05, 4.69) is 110 Å². The van der Waals surface area contributed by atoms with E-state index in [0.29, 0.717) is 0 Å². The molecule has 3 aromatic carbocycles. The fraction of sp³-hybridized carbons (Fsp3) is 0.174. The average Bonchev–Trinajstić information content (AvgIpc) is 2.72. The van der Waals surface area contributed by atoms with E-state index in [-0.39, 0.29) is 0 Å². The lowest BCUT2D eigenvalue weighted by Crippen LogP contribution is -2.43. The third-order valence-electron chi connectivity index (χ3n) is 4.75. The van der Waals surface area contributed by atoms with Crippen LogP contribution in [0.15, 0.2) is 91.0 Å². The maximum Gasteiger partial charge on any atom is 0.240 e. The van der Waals surface area contributed by atoms with Gasteiger partial charge >= 0.3 is 0 Å². The molecule has 26 heavy (non-hydrogen) atoms. The van der Waals surface area contributed by atoms with E-state index in [1.807, 2.05) is 0 Å². The minimum Gasteiger partial charge on any atom is -0.334 e. The lowest BCUT2D eigenvalue weighted by Gasteiger charge is -2.32. The summed E-state index contributed by atoms with van der Waals surface area (Å²) in [6, 6.07) is 32.4. The van der Waals surface area contributed by atoms with Crippen molar-refractivity contribution in [3.8, 4) is 0 Å². The summed E-state index contributed by atoms with van der Waals surface area (Å²) in [5.41, 5.74) is 0. The van der Waals surface area contributed by atoms with Crippen molar-refractivity contribution in [1.29, 1.82) is 0 Å². The second-order valence-electron chi connectivity index (χ2n) is 6.13. The van der Waals surface area contributed by atoms with Crippen molar-refractivity contribution in [3.05, 3.63) is 91.0 Å². The molecule has 0 spiro atoms. The number of thiocarbonyl (C=S) groups is 1. The molecule has 3 heteroatoms. The Morgan fingerprint density at radius 3 is 1.23 bits per heavy atom. The Kier molecular flexibility index (Phi) is 6.19. The van der Waals surface area contributed by atoms with E-state index in [0.717, 1.165) is 17.8 Å². The van der Waals surface area contributed by atoms with Crippen LogP contribution in [0.4, 0.5) is 0 Å². The highest BCUT2D eigenvalue weighted by Crippen LogP contribution is 2.57. The van der Waals surface area contributed by atoms with E-state index in [9.17, 15) is 0 Å². The Hall–Kier alpha value is -2.02. The second kappa shape index (κ2) is 8.58. The number of hydrogen-bond donors (Lipinski definition) is 0. The highest BCUT2D eigenvalue weighted by molar-refractivity contribution is 8.17. The monoisotopic (exact) mass is 378 g/mol. The summed E-state index contributed by atoms with van der Waals surface area (Å²) < 4.78 is 1.06. The molecule has 0 aliphatic rings. The van der Waals surface area contributed by atoms with Crippen molar-refractivity contribution >= 4 is 40.1 Å². The van der Waals surface area contributed by atoms with Crippen LogP contribution in [-0.4, -0.2) is 22.7 Å². The van der Waals surface area contributed by atoms with E-state index < -0.39 is 7.26 Å². The lowest BCUT2D eigenvalue weighted by molar-refractivity contribution is 0.481. The highest BCUT2D eigenvalue weighted by atomic mass is 32.1. The first kappa shape index (κ1) is 18.8. The highest BCUT2D eigenvalue weighted by Gasteiger charge is 2.51. The molecule has 0 heterocycles. The Bertz CT molecular complexity index is 733. The zero-order chi connectivity index (χ0) is 18.4. The molecule has 132 valence electrons. The van der Waals surface area contributed by atoms with Gasteiger partial charge in [-0.3, -0.25) is 0 Å². The number of hydrogen-bond acceptors (Lipinski definition) is 1. The van der Waals surface area contributed by atoms with E-state index in [1.165, 1.54) is 15.9 Å². The van der Waals surface area contributed by atoms with Crippen molar-refractivity contribution in [2.75, 3.05) is 13.1 Å². The zero-order valence-electron chi connectivity index (χ0n) is 15.4. The number of rotatable bonds is 6. The third kappa shape index (κ3) is 3.32. The molecule has 0 saturated carbocycles. The van der Waals surface area contributed by atoms with Gasteiger partial charge in [-0.25, -0.2) is 0 Å². The lowest BCUT2D eigenvalue weighted by atomic mass is 10.4. The largest absolute Gasteiger partial charge is 0.334 e. The normalized spacial score (nSPS) is 11.2. The Morgan fingerprint density at radius 1 is 0.654 bits per heavy atom. The van der Waals surface area contributed by atoms with Crippen molar-refractivity contribution in [2.24, 2.45) is 0 Å². The van der Waals surface area contributed by atoms with E-state index >= 15 is 0 Å². The van der Waals surface area contributed by atoms with Gasteiger partial charge in [0.05, 0.1) is 0 Å². The molecule has 0 bridgehead atoms. The maximum absolute atomic E-state index is 6.23. The molecule has 0 aliphatic heterocycles. The second-order valence-corrected chi connectivity index (χ2v) is 10.1. The van der Waals surface area contributed by atoms with Crippen LogP contribution >= 0.6 is 19.5 Å². The molecule has 0 unspecified atom stereocenters. The zero-order valence-corrected chi connectivity index (χ0v) is 17.1. The molecule has 3 rings (SSSR count). The summed E-state index contributed by atoms with van der Waals surface area (Å²) in [7, 11) is -2.08. The molecule has 0 atom stereocenters. The molecule has 1 nitrogen and oxygen atoms in total. The maximum atomic E-state index is 6.23. The van der Waals surface area contributed by atoms with Gasteiger partial charge in [0.1, 0.15) is 15.9 Å². The molecule has 0 radical (unpaired) electrons. The molecule has 0 aromatic heterocycles. The quantitative estimate of drug-likeness (QED) is 0.455. The van der Waals surface area contributed by atoms with Crippen LogP contribution in [0.25, 0.3) is 0 Å². The van der Waals surface area contributed by atoms with Crippen LogP contribution in [0.5, 0.6) is 0 Å². The first-order valence-corrected chi connectivity index (χ1v) is 11.3. The smallest absolute Gasteiger partial charge is 0.240 e. The van der Waals surface area contributed by atoms with Crippen molar-refractivity contribution in [1.82, 2.24) is 4.90 Å². The summed E-state index contributed by atoms with van der Waals surface area (Å²) in [5.74, 6) is 0.